The molecule has 1 fully saturated rings. The maximum Gasteiger partial charge on any atom is 0.227 e. The monoisotopic (exact) mass is 529 g/mol. The molecule has 3 aromatic rings. The number of aliphatic hydroxyl groups excluding tert-OH is 2. The van der Waals surface area contributed by atoms with Crippen LogP contribution < -0.4 is 19.7 Å². The Bertz CT molecular complexity index is 1190. The number of hydrogen-bond donors (Lipinski definition) is 3. The third-order valence-electron chi connectivity index (χ3n) is 6.80. The Balaban J connectivity index is 1.29. The molecule has 1 aliphatic heterocycles. The molecule has 0 amide bonds. The maximum absolute atomic E-state index is 14.4. The van der Waals surface area contributed by atoms with Crippen LogP contribution in [0.25, 0.3) is 0 Å². The third kappa shape index (κ3) is 6.65. The number of aromatic nitrogens is 3. The summed E-state index contributed by atoms with van der Waals surface area (Å²) in [5.41, 5.74) is 0.747. The zero-order valence-corrected chi connectivity index (χ0v) is 21.5. The molecule has 1 aromatic carbocycles. The van der Waals surface area contributed by atoms with Crippen molar-refractivity contribution in [3.8, 4) is 11.5 Å². The Kier molecular flexibility index (Phi) is 9.24. The first-order chi connectivity index (χ1) is 18.4. The average Bonchev–Trinajstić information content (AvgIpc) is 2.95. The number of anilines is 3. The Hall–Kier alpha value is -3.57. The summed E-state index contributed by atoms with van der Waals surface area (Å²) in [5, 5.41) is 21.7. The summed E-state index contributed by atoms with van der Waals surface area (Å²) in [5.74, 6) is 0.399. The van der Waals surface area contributed by atoms with Crippen LogP contribution in [0.3, 0.4) is 0 Å². The molecule has 204 valence electrons. The zero-order chi connectivity index (χ0) is 27.1. The van der Waals surface area contributed by atoms with Crippen molar-refractivity contribution < 1.29 is 28.5 Å². The summed E-state index contributed by atoms with van der Waals surface area (Å²) in [4.78, 5) is 15.2. The van der Waals surface area contributed by atoms with Gasteiger partial charge in [-0.25, -0.2) is 23.7 Å². The van der Waals surface area contributed by atoms with Crippen LogP contribution >= 0.6 is 0 Å². The molecular weight excluding hydrogens is 496 g/mol. The lowest BCUT2D eigenvalue weighted by molar-refractivity contribution is 0.125. The Morgan fingerprint density at radius 2 is 1.76 bits per heavy atom. The second-order valence-corrected chi connectivity index (χ2v) is 9.46. The highest BCUT2D eigenvalue weighted by molar-refractivity contribution is 5.55. The zero-order valence-electron chi connectivity index (χ0n) is 21.5. The number of methoxy groups -OCH3 is 1. The maximum atomic E-state index is 14.4. The molecule has 0 radical (unpaired) electrons. The lowest BCUT2D eigenvalue weighted by Crippen LogP contribution is -2.35. The highest BCUT2D eigenvalue weighted by Crippen LogP contribution is 2.29. The van der Waals surface area contributed by atoms with Gasteiger partial charge < -0.3 is 29.9 Å². The van der Waals surface area contributed by atoms with Crippen molar-refractivity contribution in [2.45, 2.75) is 32.8 Å². The van der Waals surface area contributed by atoms with Crippen LogP contribution in [0.5, 0.6) is 11.5 Å². The summed E-state index contributed by atoms with van der Waals surface area (Å²) < 4.78 is 39.3. The molecule has 2 aromatic heterocycles. The first kappa shape index (κ1) is 27.5. The molecule has 0 aliphatic carbocycles. The second-order valence-electron chi connectivity index (χ2n) is 9.46. The van der Waals surface area contributed by atoms with E-state index < -0.39 is 11.6 Å². The Labute approximate surface area is 220 Å². The molecule has 0 bridgehead atoms. The minimum absolute atomic E-state index is 0.0230. The van der Waals surface area contributed by atoms with Crippen molar-refractivity contribution in [2.75, 3.05) is 43.6 Å². The van der Waals surface area contributed by atoms with Gasteiger partial charge >= 0.3 is 0 Å². The normalized spacial score (nSPS) is 14.1. The quantitative estimate of drug-likeness (QED) is 0.339. The predicted octanol–water partition coefficient (Wildman–Crippen LogP) is 4.00. The first-order valence-corrected chi connectivity index (χ1v) is 12.6. The molecule has 4 rings (SSSR count). The predicted molar refractivity (Wildman–Crippen MR) is 139 cm³/mol. The standard InChI is InChI=1S/C27H33F2N5O4/c1-17-9-23(37-2)26(29)22(25(17)28)16-38-21-12-31-27(32-13-21)33-20-3-4-24(30-11-20)34-7-5-18(6-8-34)10-19(14-35)15-36/h3-4,9,11-13,18-19,35-36H,5-8,10,14-16H2,1-2H3,(H,31,32,33). The lowest BCUT2D eigenvalue weighted by Gasteiger charge is -2.34. The van der Waals surface area contributed by atoms with E-state index in [4.69, 9.17) is 9.47 Å². The van der Waals surface area contributed by atoms with Crippen molar-refractivity contribution in [3.05, 3.63) is 59.6 Å². The van der Waals surface area contributed by atoms with Gasteiger partial charge in [0.2, 0.25) is 5.95 Å². The molecule has 0 saturated carbocycles. The molecule has 0 atom stereocenters. The molecule has 3 N–H and O–H groups in total. The average molecular weight is 530 g/mol. The number of aliphatic hydroxyl groups is 2. The number of ether oxygens (including phenoxy) is 2. The highest BCUT2D eigenvalue weighted by Gasteiger charge is 2.23. The van der Waals surface area contributed by atoms with E-state index in [9.17, 15) is 19.0 Å². The molecule has 1 saturated heterocycles. The minimum Gasteiger partial charge on any atom is -0.494 e. The SMILES string of the molecule is COc1cc(C)c(F)c(COc2cnc(Nc3ccc(N4CCC(CC(CO)CO)CC4)nc3)nc2)c1F. The van der Waals surface area contributed by atoms with Gasteiger partial charge in [0.05, 0.1) is 37.0 Å². The fourth-order valence-electron chi connectivity index (χ4n) is 4.54. The van der Waals surface area contributed by atoms with E-state index in [0.29, 0.717) is 17.6 Å². The summed E-state index contributed by atoms with van der Waals surface area (Å²) in [6.45, 7) is 2.99. The minimum atomic E-state index is -0.799. The van der Waals surface area contributed by atoms with Gasteiger partial charge in [0.1, 0.15) is 18.2 Å². The van der Waals surface area contributed by atoms with Gasteiger partial charge in [-0.05, 0) is 55.9 Å². The summed E-state index contributed by atoms with van der Waals surface area (Å²) >= 11 is 0. The number of benzene rings is 1. The Morgan fingerprint density at radius 3 is 2.37 bits per heavy atom. The van der Waals surface area contributed by atoms with Crippen LogP contribution in [-0.4, -0.2) is 58.6 Å². The van der Waals surface area contributed by atoms with E-state index in [2.05, 4.69) is 25.2 Å². The number of pyridine rings is 1. The number of hydrogen-bond acceptors (Lipinski definition) is 9. The number of piperidine rings is 1. The first-order valence-electron chi connectivity index (χ1n) is 12.6. The van der Waals surface area contributed by atoms with Crippen LogP contribution in [0.2, 0.25) is 0 Å². The van der Waals surface area contributed by atoms with Gasteiger partial charge in [0.15, 0.2) is 17.3 Å². The van der Waals surface area contributed by atoms with Crippen LogP contribution in [0.4, 0.5) is 26.2 Å². The summed E-state index contributed by atoms with van der Waals surface area (Å²) in [6, 6.07) is 5.13. The number of halogens is 2. The van der Waals surface area contributed by atoms with E-state index in [0.717, 1.165) is 38.2 Å². The molecule has 0 unspecified atom stereocenters. The van der Waals surface area contributed by atoms with E-state index in [1.54, 1.807) is 6.20 Å². The van der Waals surface area contributed by atoms with Crippen LogP contribution in [0.1, 0.15) is 30.4 Å². The molecule has 38 heavy (non-hydrogen) atoms. The van der Waals surface area contributed by atoms with Crippen molar-refractivity contribution in [1.29, 1.82) is 0 Å². The van der Waals surface area contributed by atoms with Crippen molar-refractivity contribution in [1.82, 2.24) is 15.0 Å². The van der Waals surface area contributed by atoms with Gasteiger partial charge in [0.25, 0.3) is 0 Å². The third-order valence-corrected chi connectivity index (χ3v) is 6.80. The van der Waals surface area contributed by atoms with Crippen molar-refractivity contribution >= 4 is 17.5 Å². The lowest BCUT2D eigenvalue weighted by atomic mass is 9.88. The van der Waals surface area contributed by atoms with Gasteiger partial charge in [-0.15, -0.1) is 0 Å². The van der Waals surface area contributed by atoms with E-state index in [1.807, 2.05) is 12.1 Å². The summed E-state index contributed by atoms with van der Waals surface area (Å²) in [6.07, 6.45) is 7.38. The second kappa shape index (κ2) is 12.8. The fourth-order valence-corrected chi connectivity index (χ4v) is 4.54. The number of nitrogens with zero attached hydrogens (tertiary/aromatic N) is 4. The number of nitrogens with one attached hydrogen (secondary N) is 1. The van der Waals surface area contributed by atoms with Crippen LogP contribution in [0, 0.1) is 30.4 Å². The van der Waals surface area contributed by atoms with Gasteiger partial charge in [-0.3, -0.25) is 0 Å². The highest BCUT2D eigenvalue weighted by atomic mass is 19.1. The summed E-state index contributed by atoms with van der Waals surface area (Å²) in [7, 11) is 1.32. The number of rotatable bonds is 11. The van der Waals surface area contributed by atoms with Gasteiger partial charge in [0, 0.05) is 32.2 Å². The van der Waals surface area contributed by atoms with Gasteiger partial charge in [-0.1, -0.05) is 0 Å². The van der Waals surface area contributed by atoms with E-state index >= 15 is 0 Å². The molecule has 1 aliphatic rings. The fraction of sp³-hybridized carbons (Fsp3) is 0.444. The van der Waals surface area contributed by atoms with E-state index in [1.165, 1.54) is 32.5 Å². The molecule has 11 heteroatoms. The van der Waals surface area contributed by atoms with Crippen molar-refractivity contribution in [3.63, 3.8) is 0 Å². The van der Waals surface area contributed by atoms with Crippen molar-refractivity contribution in [2.24, 2.45) is 11.8 Å². The largest absolute Gasteiger partial charge is 0.494 e. The van der Waals surface area contributed by atoms with Crippen LogP contribution in [-0.2, 0) is 6.61 Å². The van der Waals surface area contributed by atoms with Gasteiger partial charge in [-0.2, -0.15) is 0 Å². The molecular formula is C27H33F2N5O4. The Morgan fingerprint density at radius 1 is 1.05 bits per heavy atom. The topological polar surface area (TPSA) is 113 Å². The molecule has 9 nitrogen and oxygen atoms in total. The smallest absolute Gasteiger partial charge is 0.227 e. The van der Waals surface area contributed by atoms with E-state index in [-0.39, 0.29) is 48.4 Å². The molecule has 3 heterocycles. The number of aryl methyl sites for hydroxylation is 1. The van der Waals surface area contributed by atoms with Crippen LogP contribution in [0.15, 0.2) is 36.8 Å². The molecule has 0 spiro atoms.